The first-order chi connectivity index (χ1) is 8.22. The van der Waals surface area contributed by atoms with E-state index >= 15 is 0 Å². The number of hydrogen-bond donors (Lipinski definition) is 0. The van der Waals surface area contributed by atoms with Crippen LogP contribution >= 0.6 is 0 Å². The van der Waals surface area contributed by atoms with Crippen molar-refractivity contribution < 1.29 is 9.53 Å². The number of carbonyl (C=O) groups excluding carboxylic acids is 1. The van der Waals surface area contributed by atoms with Gasteiger partial charge in [0, 0.05) is 19.4 Å². The molecule has 1 aromatic rings. The Morgan fingerprint density at radius 3 is 2.76 bits per heavy atom. The molecule has 3 atom stereocenters. The van der Waals surface area contributed by atoms with Gasteiger partial charge in [0.1, 0.15) is 5.78 Å². The molecule has 92 valence electrons. The third-order valence-electron chi connectivity index (χ3n) is 3.63. The van der Waals surface area contributed by atoms with E-state index in [2.05, 4.69) is 12.1 Å². The first-order valence-corrected chi connectivity index (χ1v) is 6.33. The number of benzene rings is 1. The van der Waals surface area contributed by atoms with E-state index in [0.717, 1.165) is 12.8 Å². The van der Waals surface area contributed by atoms with Crippen LogP contribution in [-0.2, 0) is 9.53 Å². The molecule has 0 radical (unpaired) electrons. The highest BCUT2D eigenvalue weighted by molar-refractivity contribution is 5.85. The Kier molecular flexibility index (Phi) is 3.95. The second-order valence-electron chi connectivity index (χ2n) is 4.91. The van der Waals surface area contributed by atoms with Crippen molar-refractivity contribution in [3.8, 4) is 0 Å². The van der Waals surface area contributed by atoms with Crippen LogP contribution in [0.5, 0.6) is 0 Å². The molecule has 0 bridgehead atoms. The average molecular weight is 232 g/mol. The van der Waals surface area contributed by atoms with Gasteiger partial charge in [0.2, 0.25) is 0 Å². The van der Waals surface area contributed by atoms with Crippen molar-refractivity contribution >= 4 is 5.78 Å². The second-order valence-corrected chi connectivity index (χ2v) is 4.91. The van der Waals surface area contributed by atoms with Crippen molar-refractivity contribution in [2.75, 3.05) is 7.11 Å². The van der Waals surface area contributed by atoms with Crippen LogP contribution in [0.2, 0.25) is 0 Å². The molecule has 0 aromatic heterocycles. The lowest BCUT2D eigenvalue weighted by molar-refractivity contribution is -0.120. The van der Waals surface area contributed by atoms with Crippen LogP contribution in [-0.4, -0.2) is 19.0 Å². The Balaban J connectivity index is 1.81. The van der Waals surface area contributed by atoms with Crippen molar-refractivity contribution in [1.82, 2.24) is 0 Å². The van der Waals surface area contributed by atoms with Crippen LogP contribution < -0.4 is 0 Å². The van der Waals surface area contributed by atoms with Crippen molar-refractivity contribution in [2.24, 2.45) is 5.92 Å². The van der Waals surface area contributed by atoms with Crippen molar-refractivity contribution in [3.05, 3.63) is 35.9 Å². The van der Waals surface area contributed by atoms with Gasteiger partial charge in [0.25, 0.3) is 0 Å². The van der Waals surface area contributed by atoms with E-state index in [1.54, 1.807) is 7.11 Å². The molecule has 0 amide bonds. The maximum absolute atomic E-state index is 12.0. The summed E-state index contributed by atoms with van der Waals surface area (Å²) >= 11 is 0. The molecule has 2 rings (SSSR count). The van der Waals surface area contributed by atoms with E-state index < -0.39 is 0 Å². The SMILES string of the molecule is COC(C)CCC(=O)C1CC1c1ccccc1. The van der Waals surface area contributed by atoms with E-state index in [4.69, 9.17) is 4.74 Å². The van der Waals surface area contributed by atoms with Gasteiger partial charge in [-0.2, -0.15) is 0 Å². The summed E-state index contributed by atoms with van der Waals surface area (Å²) in [4.78, 5) is 12.0. The molecule has 0 spiro atoms. The molecule has 0 aliphatic heterocycles. The van der Waals surface area contributed by atoms with Gasteiger partial charge in [-0.25, -0.2) is 0 Å². The number of ether oxygens (including phenoxy) is 1. The summed E-state index contributed by atoms with van der Waals surface area (Å²) in [6.45, 7) is 2.01. The summed E-state index contributed by atoms with van der Waals surface area (Å²) in [7, 11) is 1.69. The van der Waals surface area contributed by atoms with Crippen molar-refractivity contribution in [3.63, 3.8) is 0 Å². The number of Topliss-reactive ketones (excluding diaryl/α,β-unsaturated/α-hetero) is 1. The number of rotatable bonds is 6. The highest BCUT2D eigenvalue weighted by atomic mass is 16.5. The first kappa shape index (κ1) is 12.3. The number of carbonyl (C=O) groups is 1. The second kappa shape index (κ2) is 5.46. The van der Waals surface area contributed by atoms with E-state index in [-0.39, 0.29) is 12.0 Å². The third kappa shape index (κ3) is 3.16. The van der Waals surface area contributed by atoms with Crippen LogP contribution in [0.4, 0.5) is 0 Å². The topological polar surface area (TPSA) is 26.3 Å². The highest BCUT2D eigenvalue weighted by Crippen LogP contribution is 2.48. The molecular weight excluding hydrogens is 212 g/mol. The van der Waals surface area contributed by atoms with Gasteiger partial charge in [-0.15, -0.1) is 0 Å². The van der Waals surface area contributed by atoms with E-state index in [0.29, 0.717) is 18.1 Å². The largest absolute Gasteiger partial charge is 0.382 e. The first-order valence-electron chi connectivity index (χ1n) is 6.33. The lowest BCUT2D eigenvalue weighted by atomic mass is 10.0. The van der Waals surface area contributed by atoms with Gasteiger partial charge in [-0.05, 0) is 31.2 Å². The van der Waals surface area contributed by atoms with Crippen LogP contribution in [0.15, 0.2) is 30.3 Å². The molecular formula is C15H20O2. The van der Waals surface area contributed by atoms with Gasteiger partial charge in [0.05, 0.1) is 6.10 Å². The predicted molar refractivity (Wildman–Crippen MR) is 68.0 cm³/mol. The fourth-order valence-electron chi connectivity index (χ4n) is 2.27. The van der Waals surface area contributed by atoms with Crippen LogP contribution in [0.1, 0.15) is 37.7 Å². The minimum atomic E-state index is 0.188. The Morgan fingerprint density at radius 1 is 1.41 bits per heavy atom. The molecule has 1 saturated carbocycles. The Labute approximate surface area is 103 Å². The lowest BCUT2D eigenvalue weighted by Gasteiger charge is -2.07. The Bertz CT molecular complexity index is 372. The summed E-state index contributed by atoms with van der Waals surface area (Å²) < 4.78 is 5.16. The molecule has 1 aliphatic rings. The third-order valence-corrected chi connectivity index (χ3v) is 3.63. The fourth-order valence-corrected chi connectivity index (χ4v) is 2.27. The molecule has 1 aliphatic carbocycles. The van der Waals surface area contributed by atoms with E-state index in [1.165, 1.54) is 5.56 Å². The summed E-state index contributed by atoms with van der Waals surface area (Å²) in [5, 5.41) is 0. The maximum Gasteiger partial charge on any atom is 0.136 e. The van der Waals surface area contributed by atoms with Gasteiger partial charge in [-0.1, -0.05) is 30.3 Å². The molecule has 2 nitrogen and oxygen atoms in total. The predicted octanol–water partition coefficient (Wildman–Crippen LogP) is 3.17. The van der Waals surface area contributed by atoms with E-state index in [1.807, 2.05) is 25.1 Å². The summed E-state index contributed by atoms with van der Waals surface area (Å²) in [5.41, 5.74) is 1.31. The molecule has 1 fully saturated rings. The van der Waals surface area contributed by atoms with Crippen molar-refractivity contribution in [1.29, 1.82) is 0 Å². The highest BCUT2D eigenvalue weighted by Gasteiger charge is 2.42. The number of ketones is 1. The zero-order valence-electron chi connectivity index (χ0n) is 10.6. The number of hydrogen-bond acceptors (Lipinski definition) is 2. The molecule has 17 heavy (non-hydrogen) atoms. The Morgan fingerprint density at radius 2 is 2.12 bits per heavy atom. The molecule has 2 heteroatoms. The summed E-state index contributed by atoms with van der Waals surface area (Å²) in [5.74, 6) is 1.14. The zero-order chi connectivity index (χ0) is 12.3. The van der Waals surface area contributed by atoms with Gasteiger partial charge in [-0.3, -0.25) is 4.79 Å². The normalized spacial score (nSPS) is 24.4. The van der Waals surface area contributed by atoms with Crippen molar-refractivity contribution in [2.45, 2.75) is 38.2 Å². The minimum Gasteiger partial charge on any atom is -0.382 e. The van der Waals surface area contributed by atoms with Gasteiger partial charge in [0.15, 0.2) is 0 Å². The van der Waals surface area contributed by atoms with E-state index in [9.17, 15) is 4.79 Å². The van der Waals surface area contributed by atoms with Crippen LogP contribution in [0, 0.1) is 5.92 Å². The lowest BCUT2D eigenvalue weighted by Crippen LogP contribution is -2.10. The van der Waals surface area contributed by atoms with Gasteiger partial charge < -0.3 is 4.74 Å². The fraction of sp³-hybridized carbons (Fsp3) is 0.533. The number of methoxy groups -OCH3 is 1. The molecule has 3 unspecified atom stereocenters. The molecule has 0 heterocycles. The summed E-state index contributed by atoms with van der Waals surface area (Å²) in [6, 6.07) is 10.3. The Hall–Kier alpha value is -1.15. The molecule has 0 saturated heterocycles. The quantitative estimate of drug-likeness (QED) is 0.753. The smallest absolute Gasteiger partial charge is 0.136 e. The average Bonchev–Trinajstić information content (AvgIpc) is 3.17. The standard InChI is InChI=1S/C15H20O2/c1-11(17-2)8-9-15(16)14-10-13(14)12-6-4-3-5-7-12/h3-7,11,13-14H,8-10H2,1-2H3. The maximum atomic E-state index is 12.0. The minimum absolute atomic E-state index is 0.188. The molecule has 1 aromatic carbocycles. The van der Waals surface area contributed by atoms with Crippen LogP contribution in [0.3, 0.4) is 0 Å². The van der Waals surface area contributed by atoms with Gasteiger partial charge >= 0.3 is 0 Å². The summed E-state index contributed by atoms with van der Waals surface area (Å²) in [6.07, 6.45) is 2.72. The zero-order valence-corrected chi connectivity index (χ0v) is 10.6. The molecule has 0 N–H and O–H groups in total. The monoisotopic (exact) mass is 232 g/mol. The van der Waals surface area contributed by atoms with Crippen LogP contribution in [0.25, 0.3) is 0 Å².